The van der Waals surface area contributed by atoms with E-state index in [1.54, 1.807) is 18.7 Å². The van der Waals surface area contributed by atoms with Gasteiger partial charge in [-0.3, -0.25) is 9.59 Å². The standard InChI is InChI=1S/C16H20N2O2/c1-16(2)15(20)18(10-14(19)17-16)13-9-5-7-11-6-3-4-8-12(11)13/h3-4,6,8,13H,5,7,9-10H2,1-2H3,(H,17,19). The number of fused-ring (bicyclic) bond motifs is 1. The van der Waals surface area contributed by atoms with Crippen LogP contribution in [-0.2, 0) is 16.0 Å². The number of amides is 2. The molecule has 1 heterocycles. The molecule has 1 saturated heterocycles. The molecule has 1 aromatic rings. The Labute approximate surface area is 119 Å². The molecule has 1 atom stereocenters. The fourth-order valence-corrected chi connectivity index (χ4v) is 3.33. The minimum absolute atomic E-state index is 0.0128. The van der Waals surface area contributed by atoms with Crippen molar-refractivity contribution in [2.45, 2.75) is 44.7 Å². The first-order valence-corrected chi connectivity index (χ1v) is 7.19. The lowest BCUT2D eigenvalue weighted by Crippen LogP contribution is -2.64. The minimum atomic E-state index is -0.804. The van der Waals surface area contributed by atoms with Crippen molar-refractivity contribution in [2.24, 2.45) is 0 Å². The van der Waals surface area contributed by atoms with Crippen LogP contribution in [0, 0.1) is 0 Å². The molecule has 1 aliphatic carbocycles. The molecular formula is C16H20N2O2. The Balaban J connectivity index is 1.97. The molecule has 3 rings (SSSR count). The van der Waals surface area contributed by atoms with Gasteiger partial charge in [-0.05, 0) is 44.2 Å². The number of piperazine rings is 1. The van der Waals surface area contributed by atoms with E-state index in [2.05, 4.69) is 17.4 Å². The van der Waals surface area contributed by atoms with Gasteiger partial charge in [0.1, 0.15) is 12.1 Å². The highest BCUT2D eigenvalue weighted by Gasteiger charge is 2.42. The van der Waals surface area contributed by atoms with Gasteiger partial charge in [-0.25, -0.2) is 0 Å². The van der Waals surface area contributed by atoms with Crippen molar-refractivity contribution < 1.29 is 9.59 Å². The van der Waals surface area contributed by atoms with Crippen molar-refractivity contribution in [3.05, 3.63) is 35.4 Å². The monoisotopic (exact) mass is 272 g/mol. The van der Waals surface area contributed by atoms with Crippen LogP contribution >= 0.6 is 0 Å². The van der Waals surface area contributed by atoms with Crippen LogP contribution in [0.2, 0.25) is 0 Å². The normalized spacial score (nSPS) is 25.1. The van der Waals surface area contributed by atoms with Crippen LogP contribution in [-0.4, -0.2) is 28.8 Å². The summed E-state index contributed by atoms with van der Waals surface area (Å²) in [4.78, 5) is 26.3. The zero-order chi connectivity index (χ0) is 14.3. The number of benzene rings is 1. The fourth-order valence-electron chi connectivity index (χ4n) is 3.33. The summed E-state index contributed by atoms with van der Waals surface area (Å²) in [5.74, 6) is -0.0588. The Bertz CT molecular complexity index is 565. The zero-order valence-electron chi connectivity index (χ0n) is 12.0. The molecule has 0 bridgehead atoms. The summed E-state index contributed by atoms with van der Waals surface area (Å²) in [6.07, 6.45) is 3.06. The van der Waals surface area contributed by atoms with Crippen LogP contribution < -0.4 is 5.32 Å². The average molecular weight is 272 g/mol. The van der Waals surface area contributed by atoms with Crippen LogP contribution in [0.4, 0.5) is 0 Å². The van der Waals surface area contributed by atoms with Gasteiger partial charge in [0, 0.05) is 0 Å². The molecule has 1 N–H and O–H groups in total. The highest BCUT2D eigenvalue weighted by atomic mass is 16.2. The molecule has 1 aliphatic heterocycles. The molecule has 0 saturated carbocycles. The predicted octanol–water partition coefficient (Wildman–Crippen LogP) is 1.80. The number of carbonyl (C=O) groups is 2. The maximum absolute atomic E-state index is 12.6. The first kappa shape index (κ1) is 13.2. The van der Waals surface area contributed by atoms with Crippen molar-refractivity contribution in [1.29, 1.82) is 0 Å². The first-order chi connectivity index (χ1) is 9.49. The van der Waals surface area contributed by atoms with Crippen LogP contribution in [0.25, 0.3) is 0 Å². The minimum Gasteiger partial charge on any atom is -0.341 e. The maximum Gasteiger partial charge on any atom is 0.248 e. The summed E-state index contributed by atoms with van der Waals surface area (Å²) >= 11 is 0. The summed E-state index contributed by atoms with van der Waals surface area (Å²) in [6.45, 7) is 3.71. The van der Waals surface area contributed by atoms with Crippen LogP contribution in [0.15, 0.2) is 24.3 Å². The predicted molar refractivity (Wildman–Crippen MR) is 76.1 cm³/mol. The molecular weight excluding hydrogens is 252 g/mol. The van der Waals surface area contributed by atoms with E-state index in [0.29, 0.717) is 0 Å². The second kappa shape index (κ2) is 4.62. The van der Waals surface area contributed by atoms with E-state index in [4.69, 9.17) is 0 Å². The molecule has 4 heteroatoms. The number of nitrogens with one attached hydrogen (secondary N) is 1. The van der Waals surface area contributed by atoms with E-state index >= 15 is 0 Å². The Kier molecular flexibility index (Phi) is 3.04. The summed E-state index contributed by atoms with van der Waals surface area (Å²) in [5, 5.41) is 2.77. The molecule has 0 radical (unpaired) electrons. The van der Waals surface area contributed by atoms with Gasteiger partial charge < -0.3 is 10.2 Å². The summed E-state index contributed by atoms with van der Waals surface area (Å²) in [5.41, 5.74) is 1.71. The Morgan fingerprint density at radius 1 is 1.25 bits per heavy atom. The van der Waals surface area contributed by atoms with Gasteiger partial charge in [-0.2, -0.15) is 0 Å². The Morgan fingerprint density at radius 3 is 2.80 bits per heavy atom. The van der Waals surface area contributed by atoms with E-state index in [1.807, 2.05) is 12.1 Å². The van der Waals surface area contributed by atoms with Crippen molar-refractivity contribution >= 4 is 11.8 Å². The van der Waals surface area contributed by atoms with Crippen molar-refractivity contribution in [1.82, 2.24) is 10.2 Å². The molecule has 20 heavy (non-hydrogen) atoms. The lowest BCUT2D eigenvalue weighted by Gasteiger charge is -2.43. The number of rotatable bonds is 1. The van der Waals surface area contributed by atoms with Gasteiger partial charge in [-0.15, -0.1) is 0 Å². The lowest BCUT2D eigenvalue weighted by molar-refractivity contribution is -0.151. The third kappa shape index (κ3) is 2.09. The second-order valence-corrected chi connectivity index (χ2v) is 6.21. The van der Waals surface area contributed by atoms with Crippen LogP contribution in [0.3, 0.4) is 0 Å². The largest absolute Gasteiger partial charge is 0.341 e. The number of aryl methyl sites for hydroxylation is 1. The van der Waals surface area contributed by atoms with Crippen LogP contribution in [0.1, 0.15) is 43.9 Å². The summed E-state index contributed by atoms with van der Waals surface area (Å²) in [7, 11) is 0. The summed E-state index contributed by atoms with van der Waals surface area (Å²) < 4.78 is 0. The maximum atomic E-state index is 12.6. The Morgan fingerprint density at radius 2 is 2.00 bits per heavy atom. The van der Waals surface area contributed by atoms with Gasteiger partial charge in [0.05, 0.1) is 6.04 Å². The summed E-state index contributed by atoms with van der Waals surface area (Å²) in [6, 6.07) is 8.30. The molecule has 1 aromatic carbocycles. The zero-order valence-corrected chi connectivity index (χ0v) is 12.0. The third-order valence-corrected chi connectivity index (χ3v) is 4.28. The van der Waals surface area contributed by atoms with Gasteiger partial charge in [-0.1, -0.05) is 24.3 Å². The average Bonchev–Trinajstić information content (AvgIpc) is 2.42. The van der Waals surface area contributed by atoms with Crippen molar-refractivity contribution in [3.63, 3.8) is 0 Å². The SMILES string of the molecule is CC1(C)NC(=O)CN(C2CCCc3ccccc32)C1=O. The second-order valence-electron chi connectivity index (χ2n) is 6.21. The first-order valence-electron chi connectivity index (χ1n) is 7.19. The smallest absolute Gasteiger partial charge is 0.248 e. The molecule has 2 aliphatic rings. The molecule has 0 spiro atoms. The van der Waals surface area contributed by atoms with Crippen LogP contribution in [0.5, 0.6) is 0 Å². The third-order valence-electron chi connectivity index (χ3n) is 4.28. The molecule has 1 unspecified atom stereocenters. The van der Waals surface area contributed by atoms with Gasteiger partial charge >= 0.3 is 0 Å². The van der Waals surface area contributed by atoms with E-state index < -0.39 is 5.54 Å². The number of nitrogens with zero attached hydrogens (tertiary/aromatic N) is 1. The van der Waals surface area contributed by atoms with Gasteiger partial charge in [0.15, 0.2) is 0 Å². The molecule has 4 nitrogen and oxygen atoms in total. The number of hydrogen-bond donors (Lipinski definition) is 1. The highest BCUT2D eigenvalue weighted by Crippen LogP contribution is 2.36. The van der Waals surface area contributed by atoms with Gasteiger partial charge in [0.25, 0.3) is 0 Å². The number of hydrogen-bond acceptors (Lipinski definition) is 2. The van der Waals surface area contributed by atoms with E-state index in [1.165, 1.54) is 11.1 Å². The van der Waals surface area contributed by atoms with E-state index in [9.17, 15) is 9.59 Å². The van der Waals surface area contributed by atoms with Gasteiger partial charge in [0.2, 0.25) is 11.8 Å². The number of carbonyl (C=O) groups excluding carboxylic acids is 2. The highest BCUT2D eigenvalue weighted by molar-refractivity contribution is 5.97. The molecule has 106 valence electrons. The lowest BCUT2D eigenvalue weighted by atomic mass is 9.85. The fraction of sp³-hybridized carbons (Fsp3) is 0.500. The topological polar surface area (TPSA) is 49.4 Å². The van der Waals surface area contributed by atoms with Crippen molar-refractivity contribution in [2.75, 3.05) is 6.54 Å². The molecule has 1 fully saturated rings. The molecule has 2 amide bonds. The Hall–Kier alpha value is -1.84. The quantitative estimate of drug-likeness (QED) is 0.847. The van der Waals surface area contributed by atoms with E-state index in [0.717, 1.165) is 19.3 Å². The molecule has 0 aromatic heterocycles. The van der Waals surface area contributed by atoms with Crippen molar-refractivity contribution in [3.8, 4) is 0 Å². The van der Waals surface area contributed by atoms with E-state index in [-0.39, 0.29) is 24.4 Å².